The maximum absolute atomic E-state index is 12.8. The van der Waals surface area contributed by atoms with Crippen LogP contribution >= 0.6 is 35.0 Å². The third-order valence-corrected chi connectivity index (χ3v) is 6.69. The Bertz CT molecular complexity index is 572. The molecule has 1 saturated carbocycles. The van der Waals surface area contributed by atoms with E-state index in [0.717, 1.165) is 36.7 Å². The third-order valence-electron chi connectivity index (χ3n) is 5.14. The number of fused-ring (bicyclic) bond motifs is 4. The molecule has 0 atom stereocenters. The van der Waals surface area contributed by atoms with Gasteiger partial charge in [-0.1, -0.05) is 23.2 Å². The average Bonchev–Trinajstić information content (AvgIpc) is 2.87. The second kappa shape index (κ2) is 7.22. The molecule has 3 aliphatic rings. The summed E-state index contributed by atoms with van der Waals surface area (Å²) in [5, 5.41) is 13.5. The highest BCUT2D eigenvalue weighted by Crippen LogP contribution is 2.42. The Morgan fingerprint density at radius 2 is 1.96 bits per heavy atom. The second-order valence-corrected chi connectivity index (χ2v) is 8.59. The molecular weight excluding hydrogens is 353 g/mol. The summed E-state index contributed by atoms with van der Waals surface area (Å²) in [6.07, 6.45) is 4.98. The zero-order chi connectivity index (χ0) is 16.4. The fourth-order valence-corrected chi connectivity index (χ4v) is 5.20. The van der Waals surface area contributed by atoms with Crippen LogP contribution in [0.5, 0.6) is 5.75 Å². The molecule has 1 aliphatic carbocycles. The highest BCUT2D eigenvalue weighted by molar-refractivity contribution is 7.99. The number of carbonyl (C=O) groups is 1. The normalized spacial score (nSPS) is 27.0. The molecule has 23 heavy (non-hydrogen) atoms. The lowest BCUT2D eigenvalue weighted by atomic mass is 9.69. The molecule has 4 rings (SSSR count). The molecule has 1 aromatic carbocycles. The van der Waals surface area contributed by atoms with Gasteiger partial charge in [-0.3, -0.25) is 4.79 Å². The molecule has 2 N–H and O–H groups in total. The number of carbonyl (C=O) groups excluding carboxylic acids is 1. The van der Waals surface area contributed by atoms with Gasteiger partial charge in [0.05, 0.1) is 10.0 Å². The summed E-state index contributed by atoms with van der Waals surface area (Å²) in [6, 6.07) is 3.38. The van der Waals surface area contributed by atoms with Crippen molar-refractivity contribution in [3.05, 3.63) is 22.2 Å². The van der Waals surface area contributed by atoms with E-state index < -0.39 is 0 Å². The van der Waals surface area contributed by atoms with Gasteiger partial charge in [0.15, 0.2) is 5.75 Å². The van der Waals surface area contributed by atoms with Crippen molar-refractivity contribution in [3.8, 4) is 5.75 Å². The summed E-state index contributed by atoms with van der Waals surface area (Å²) in [7, 11) is 0. The van der Waals surface area contributed by atoms with Crippen LogP contribution in [0.25, 0.3) is 0 Å². The van der Waals surface area contributed by atoms with Crippen LogP contribution in [0.4, 0.5) is 0 Å². The van der Waals surface area contributed by atoms with E-state index in [2.05, 4.69) is 5.32 Å². The monoisotopic (exact) mass is 373 g/mol. The topological polar surface area (TPSA) is 49.3 Å². The van der Waals surface area contributed by atoms with Crippen LogP contribution in [-0.2, 0) is 4.79 Å². The number of benzene rings is 1. The predicted molar refractivity (Wildman–Crippen MR) is 95.7 cm³/mol. The lowest BCUT2D eigenvalue weighted by Gasteiger charge is -2.34. The number of halogens is 2. The Morgan fingerprint density at radius 1 is 1.30 bits per heavy atom. The molecule has 0 amide bonds. The lowest BCUT2D eigenvalue weighted by molar-refractivity contribution is -0.129. The van der Waals surface area contributed by atoms with Crippen LogP contribution in [0.3, 0.4) is 0 Å². The van der Waals surface area contributed by atoms with Gasteiger partial charge < -0.3 is 10.4 Å². The highest BCUT2D eigenvalue weighted by Gasteiger charge is 2.42. The van der Waals surface area contributed by atoms with Crippen molar-refractivity contribution in [2.24, 2.45) is 11.3 Å². The van der Waals surface area contributed by atoms with Crippen molar-refractivity contribution >= 4 is 40.7 Å². The average molecular weight is 374 g/mol. The first-order valence-electron chi connectivity index (χ1n) is 8.05. The molecule has 0 radical (unpaired) electrons. The van der Waals surface area contributed by atoms with Crippen LogP contribution in [0.1, 0.15) is 32.1 Å². The smallest absolute Gasteiger partial charge is 0.152 e. The first kappa shape index (κ1) is 17.4. The SMILES string of the molecule is O=C(CCSc1cc(Cl)c(O)c(Cl)c1)C12CCC(CC1)CNC2. The van der Waals surface area contributed by atoms with Crippen molar-refractivity contribution in [3.63, 3.8) is 0 Å². The minimum absolute atomic E-state index is 0.0889. The maximum Gasteiger partial charge on any atom is 0.152 e. The summed E-state index contributed by atoms with van der Waals surface area (Å²) >= 11 is 13.4. The van der Waals surface area contributed by atoms with Gasteiger partial charge in [0.1, 0.15) is 5.78 Å². The standard InChI is InChI=1S/C17H21Cl2NO2S/c18-13-7-12(8-14(19)16(13)22)23-6-3-15(21)17-4-1-11(2-5-17)9-20-10-17/h7-8,11,20,22H,1-6,9-10H2. The molecule has 3 fully saturated rings. The number of rotatable bonds is 5. The van der Waals surface area contributed by atoms with Crippen molar-refractivity contribution < 1.29 is 9.90 Å². The van der Waals surface area contributed by atoms with E-state index in [4.69, 9.17) is 23.2 Å². The molecular formula is C17H21Cl2NO2S. The number of aromatic hydroxyl groups is 1. The quantitative estimate of drug-likeness (QED) is 0.744. The number of Topliss-reactive ketones (excluding diaryl/α,β-unsaturated/α-hetero) is 1. The van der Waals surface area contributed by atoms with E-state index in [0.29, 0.717) is 18.0 Å². The van der Waals surface area contributed by atoms with E-state index in [1.807, 2.05) is 0 Å². The number of hydrogen-bond acceptors (Lipinski definition) is 4. The van der Waals surface area contributed by atoms with Crippen molar-refractivity contribution in [1.29, 1.82) is 0 Å². The minimum Gasteiger partial charge on any atom is -0.505 e. The molecule has 0 unspecified atom stereocenters. The Labute approximate surface area is 151 Å². The van der Waals surface area contributed by atoms with Gasteiger partial charge in [0.25, 0.3) is 0 Å². The lowest BCUT2D eigenvalue weighted by Crippen LogP contribution is -2.39. The number of ketones is 1. The van der Waals surface area contributed by atoms with Crippen LogP contribution in [0.2, 0.25) is 10.0 Å². The molecule has 2 heterocycles. The number of nitrogens with one attached hydrogen (secondary N) is 1. The molecule has 2 aliphatic heterocycles. The summed E-state index contributed by atoms with van der Waals surface area (Å²) in [4.78, 5) is 13.6. The van der Waals surface area contributed by atoms with Crippen molar-refractivity contribution in [2.75, 3.05) is 18.8 Å². The van der Waals surface area contributed by atoms with Crippen LogP contribution in [-0.4, -0.2) is 29.7 Å². The Hall–Kier alpha value is -0.420. The summed E-state index contributed by atoms with van der Waals surface area (Å²) in [6.45, 7) is 1.90. The predicted octanol–water partition coefficient (Wildman–Crippen LogP) is 4.53. The van der Waals surface area contributed by atoms with E-state index >= 15 is 0 Å². The first-order valence-corrected chi connectivity index (χ1v) is 9.79. The summed E-state index contributed by atoms with van der Waals surface area (Å²) in [5.41, 5.74) is -0.141. The van der Waals surface area contributed by atoms with Gasteiger partial charge in [0, 0.05) is 29.0 Å². The Kier molecular flexibility index (Phi) is 5.46. The number of phenols is 1. The Morgan fingerprint density at radius 3 is 2.61 bits per heavy atom. The van der Waals surface area contributed by atoms with Gasteiger partial charge in [-0.15, -0.1) is 11.8 Å². The molecule has 1 aromatic rings. The van der Waals surface area contributed by atoms with Crippen LogP contribution < -0.4 is 5.32 Å². The highest BCUT2D eigenvalue weighted by atomic mass is 35.5. The second-order valence-electron chi connectivity index (χ2n) is 6.61. The van der Waals surface area contributed by atoms with Gasteiger partial charge in [-0.2, -0.15) is 0 Å². The Balaban J connectivity index is 1.57. The van der Waals surface area contributed by atoms with Crippen LogP contribution in [0, 0.1) is 11.3 Å². The van der Waals surface area contributed by atoms with E-state index in [9.17, 15) is 9.90 Å². The molecule has 2 bridgehead atoms. The fraction of sp³-hybridized carbons (Fsp3) is 0.588. The number of thioether (sulfide) groups is 1. The van der Waals surface area contributed by atoms with Gasteiger partial charge in [-0.05, 0) is 50.3 Å². The van der Waals surface area contributed by atoms with Crippen molar-refractivity contribution in [2.45, 2.75) is 37.0 Å². The summed E-state index contributed by atoms with van der Waals surface area (Å²) in [5.74, 6) is 1.76. The minimum atomic E-state index is -0.141. The molecule has 0 aromatic heterocycles. The zero-order valence-electron chi connectivity index (χ0n) is 12.9. The van der Waals surface area contributed by atoms with Gasteiger partial charge in [-0.25, -0.2) is 0 Å². The molecule has 6 heteroatoms. The van der Waals surface area contributed by atoms with Crippen LogP contribution in [0.15, 0.2) is 17.0 Å². The van der Waals surface area contributed by atoms with Gasteiger partial charge in [0.2, 0.25) is 0 Å². The fourth-order valence-electron chi connectivity index (χ4n) is 3.66. The van der Waals surface area contributed by atoms with Gasteiger partial charge >= 0.3 is 0 Å². The van der Waals surface area contributed by atoms with Crippen molar-refractivity contribution in [1.82, 2.24) is 5.32 Å². The van der Waals surface area contributed by atoms with E-state index in [1.54, 1.807) is 23.9 Å². The largest absolute Gasteiger partial charge is 0.505 e. The zero-order valence-corrected chi connectivity index (χ0v) is 15.2. The first-order chi connectivity index (χ1) is 11.0. The maximum atomic E-state index is 12.8. The molecule has 2 saturated heterocycles. The number of phenolic OH excluding ortho intramolecular Hbond substituents is 1. The van der Waals surface area contributed by atoms with E-state index in [1.165, 1.54) is 12.8 Å². The molecule has 0 spiro atoms. The summed E-state index contributed by atoms with van der Waals surface area (Å²) < 4.78 is 0. The number of hydrogen-bond donors (Lipinski definition) is 2. The van der Waals surface area contributed by atoms with E-state index in [-0.39, 0.29) is 21.2 Å². The molecule has 126 valence electrons. The molecule has 3 nitrogen and oxygen atoms in total. The third kappa shape index (κ3) is 3.81.